The average molecular weight is 543 g/mol. The Morgan fingerprint density at radius 3 is 2.62 bits per heavy atom. The predicted octanol–water partition coefficient (Wildman–Crippen LogP) is 5.30. The molecule has 0 aliphatic heterocycles. The number of nitrogens with zero attached hydrogens (tertiary/aromatic N) is 2. The molecule has 0 spiro atoms. The number of anilines is 1. The Morgan fingerprint density at radius 1 is 1.34 bits per heavy atom. The SMILES string of the molecule is CC(/N=C(/N)CC(I)C(F)(F)F)c1cc(NC(=O)c2ccc(Cl)cn2)ccc1F. The summed E-state index contributed by atoms with van der Waals surface area (Å²) in [6.07, 6.45) is -3.60. The molecular weight excluding hydrogens is 527 g/mol. The van der Waals surface area contributed by atoms with Crippen molar-refractivity contribution in [3.05, 3.63) is 58.6 Å². The minimum atomic E-state index is -4.41. The van der Waals surface area contributed by atoms with Gasteiger partial charge in [-0.3, -0.25) is 9.79 Å². The number of amidine groups is 1. The molecule has 0 radical (unpaired) electrons. The number of hydrogen-bond acceptors (Lipinski definition) is 3. The first-order chi connectivity index (χ1) is 13.5. The Labute approximate surface area is 182 Å². The van der Waals surface area contributed by atoms with Crippen molar-refractivity contribution >= 4 is 51.6 Å². The highest BCUT2D eigenvalue weighted by Crippen LogP contribution is 2.30. The van der Waals surface area contributed by atoms with Gasteiger partial charge in [0.1, 0.15) is 15.4 Å². The lowest BCUT2D eigenvalue weighted by Gasteiger charge is -2.15. The zero-order chi connectivity index (χ0) is 21.8. The Morgan fingerprint density at radius 2 is 2.03 bits per heavy atom. The summed E-state index contributed by atoms with van der Waals surface area (Å²) < 4.78 is 50.4. The molecule has 0 aliphatic rings. The van der Waals surface area contributed by atoms with Gasteiger partial charge in [0.2, 0.25) is 0 Å². The van der Waals surface area contributed by atoms with Crippen LogP contribution in [0.4, 0.5) is 23.2 Å². The number of nitrogens with one attached hydrogen (secondary N) is 1. The van der Waals surface area contributed by atoms with Crippen LogP contribution in [0, 0.1) is 5.82 Å². The lowest BCUT2D eigenvalue weighted by Crippen LogP contribution is -2.28. The third-order valence-electron chi connectivity index (χ3n) is 3.77. The highest BCUT2D eigenvalue weighted by atomic mass is 127. The zero-order valence-corrected chi connectivity index (χ0v) is 17.9. The van der Waals surface area contributed by atoms with Crippen LogP contribution in [0.5, 0.6) is 0 Å². The molecule has 2 aromatic rings. The van der Waals surface area contributed by atoms with Crippen LogP contribution in [0.15, 0.2) is 41.5 Å². The number of carbonyl (C=O) groups is 1. The highest BCUT2D eigenvalue weighted by molar-refractivity contribution is 14.1. The average Bonchev–Trinajstić information content (AvgIpc) is 2.62. The minimum absolute atomic E-state index is 0.0758. The largest absolute Gasteiger partial charge is 0.400 e. The standard InChI is InChI=1S/C18H16ClF4IN4O/c1-9(27-16(25)7-15(24)18(21,22)23)12-6-11(3-4-13(12)20)28-17(29)14-5-2-10(19)8-26-14/h2-6,8-9,15H,7H2,1H3,(H2,25,27)(H,28,29). The van der Waals surface area contributed by atoms with E-state index in [0.29, 0.717) is 5.02 Å². The molecule has 156 valence electrons. The quantitative estimate of drug-likeness (QED) is 0.171. The maximum Gasteiger partial charge on any atom is 0.400 e. The number of carbonyl (C=O) groups excluding carboxylic acids is 1. The molecule has 3 N–H and O–H groups in total. The van der Waals surface area contributed by atoms with Crippen molar-refractivity contribution in [2.75, 3.05) is 5.32 Å². The van der Waals surface area contributed by atoms with Crippen molar-refractivity contribution in [2.45, 2.75) is 29.5 Å². The second-order valence-corrected chi connectivity index (χ2v) is 8.00. The fourth-order valence-corrected chi connectivity index (χ4v) is 2.88. The van der Waals surface area contributed by atoms with E-state index in [2.05, 4.69) is 15.3 Å². The Balaban J connectivity index is 2.16. The van der Waals surface area contributed by atoms with Crippen molar-refractivity contribution in [1.82, 2.24) is 4.98 Å². The molecule has 1 amide bonds. The highest BCUT2D eigenvalue weighted by Gasteiger charge is 2.38. The number of rotatable bonds is 6. The van der Waals surface area contributed by atoms with Gasteiger partial charge in [-0.15, -0.1) is 0 Å². The molecule has 0 fully saturated rings. The molecular formula is C18H16ClF4IN4O. The summed E-state index contributed by atoms with van der Waals surface area (Å²) in [7, 11) is 0. The first-order valence-electron chi connectivity index (χ1n) is 8.22. The van der Waals surface area contributed by atoms with Crippen LogP contribution in [-0.2, 0) is 0 Å². The Kier molecular flexibility index (Phi) is 7.80. The second-order valence-electron chi connectivity index (χ2n) is 6.06. The molecule has 1 aromatic carbocycles. The van der Waals surface area contributed by atoms with Crippen LogP contribution in [-0.4, -0.2) is 26.8 Å². The third kappa shape index (κ3) is 6.81. The van der Waals surface area contributed by atoms with Crippen LogP contribution >= 0.6 is 34.2 Å². The number of aliphatic imine (C=N–C) groups is 1. The summed E-state index contributed by atoms with van der Waals surface area (Å²) >= 11 is 6.96. The van der Waals surface area contributed by atoms with Crippen molar-refractivity contribution in [1.29, 1.82) is 0 Å². The van der Waals surface area contributed by atoms with Gasteiger partial charge in [0.05, 0.1) is 16.9 Å². The van der Waals surface area contributed by atoms with Crippen molar-refractivity contribution < 1.29 is 22.4 Å². The molecule has 2 rings (SSSR count). The normalized spacial score (nSPS) is 14.4. The van der Waals surface area contributed by atoms with E-state index in [4.69, 9.17) is 17.3 Å². The van der Waals surface area contributed by atoms with Crippen molar-refractivity contribution in [3.8, 4) is 0 Å². The van der Waals surface area contributed by atoms with E-state index in [0.717, 1.165) is 6.07 Å². The third-order valence-corrected chi connectivity index (χ3v) is 5.14. The van der Waals surface area contributed by atoms with Crippen LogP contribution < -0.4 is 11.1 Å². The van der Waals surface area contributed by atoms with Gasteiger partial charge < -0.3 is 11.1 Å². The molecule has 1 aromatic heterocycles. The van der Waals surface area contributed by atoms with E-state index in [1.807, 2.05) is 0 Å². The summed E-state index contributed by atoms with van der Waals surface area (Å²) in [4.78, 5) is 20.1. The molecule has 0 bridgehead atoms. The number of halogens is 6. The minimum Gasteiger partial charge on any atom is -0.387 e. The van der Waals surface area contributed by atoms with E-state index in [-0.39, 0.29) is 22.8 Å². The summed E-state index contributed by atoms with van der Waals surface area (Å²) in [5.41, 5.74) is 6.05. The number of hydrogen-bond donors (Lipinski definition) is 2. The second kappa shape index (κ2) is 9.70. The summed E-state index contributed by atoms with van der Waals surface area (Å²) in [6.45, 7) is 1.49. The molecule has 2 atom stereocenters. The molecule has 2 unspecified atom stereocenters. The maximum absolute atomic E-state index is 14.2. The van der Waals surface area contributed by atoms with E-state index in [1.165, 1.54) is 60.0 Å². The number of aromatic nitrogens is 1. The van der Waals surface area contributed by atoms with Crippen molar-refractivity contribution in [2.24, 2.45) is 10.7 Å². The molecule has 0 saturated carbocycles. The van der Waals surface area contributed by atoms with Gasteiger partial charge in [-0.05, 0) is 37.3 Å². The van der Waals surface area contributed by atoms with Gasteiger partial charge in [-0.2, -0.15) is 13.2 Å². The lowest BCUT2D eigenvalue weighted by molar-refractivity contribution is -0.123. The van der Waals surface area contributed by atoms with Crippen LogP contribution in [0.3, 0.4) is 0 Å². The van der Waals surface area contributed by atoms with E-state index < -0.39 is 34.3 Å². The first kappa shape index (κ1) is 23.3. The topological polar surface area (TPSA) is 80.4 Å². The molecule has 29 heavy (non-hydrogen) atoms. The van der Waals surface area contributed by atoms with Crippen LogP contribution in [0.25, 0.3) is 0 Å². The molecule has 0 saturated heterocycles. The van der Waals surface area contributed by atoms with Gasteiger partial charge >= 0.3 is 6.18 Å². The number of alkyl halides is 4. The summed E-state index contributed by atoms with van der Waals surface area (Å²) in [6, 6.07) is 5.89. The fraction of sp³-hybridized carbons (Fsp3) is 0.278. The predicted molar refractivity (Wildman–Crippen MR) is 112 cm³/mol. The maximum atomic E-state index is 14.2. The molecule has 1 heterocycles. The number of nitrogens with two attached hydrogens (primary N) is 1. The molecule has 0 aliphatic carbocycles. The van der Waals surface area contributed by atoms with Gasteiger partial charge in [0.15, 0.2) is 0 Å². The van der Waals surface area contributed by atoms with Gasteiger partial charge in [0.25, 0.3) is 5.91 Å². The molecule has 11 heteroatoms. The summed E-state index contributed by atoms with van der Waals surface area (Å²) in [5.74, 6) is -1.40. The zero-order valence-electron chi connectivity index (χ0n) is 15.0. The number of benzene rings is 1. The Hall–Kier alpha value is -1.95. The van der Waals surface area contributed by atoms with Gasteiger partial charge in [0, 0.05) is 23.9 Å². The van der Waals surface area contributed by atoms with Crippen LogP contribution in [0.2, 0.25) is 5.02 Å². The Bertz CT molecular complexity index is 906. The van der Waals surface area contributed by atoms with E-state index in [1.54, 1.807) is 0 Å². The fourth-order valence-electron chi connectivity index (χ4n) is 2.32. The number of pyridine rings is 1. The van der Waals surface area contributed by atoms with E-state index in [9.17, 15) is 22.4 Å². The lowest BCUT2D eigenvalue weighted by atomic mass is 10.1. The first-order valence-corrected chi connectivity index (χ1v) is 9.85. The van der Waals surface area contributed by atoms with Crippen LogP contribution in [0.1, 0.15) is 35.4 Å². The molecule has 5 nitrogen and oxygen atoms in total. The van der Waals surface area contributed by atoms with Gasteiger partial charge in [-0.25, -0.2) is 9.37 Å². The summed E-state index contributed by atoms with van der Waals surface area (Å²) in [5, 5.41) is 2.93. The number of amides is 1. The van der Waals surface area contributed by atoms with Gasteiger partial charge in [-0.1, -0.05) is 34.2 Å². The van der Waals surface area contributed by atoms with Crippen molar-refractivity contribution in [3.63, 3.8) is 0 Å². The van der Waals surface area contributed by atoms with E-state index >= 15 is 0 Å². The monoisotopic (exact) mass is 542 g/mol. The smallest absolute Gasteiger partial charge is 0.387 e.